The molecule has 2 aromatic heterocycles. The van der Waals surface area contributed by atoms with Crippen LogP contribution >= 0.6 is 11.3 Å². The van der Waals surface area contributed by atoms with Gasteiger partial charge in [0.1, 0.15) is 0 Å². The molecule has 0 unspecified atom stereocenters. The van der Waals surface area contributed by atoms with E-state index in [1.165, 1.54) is 18.4 Å². The van der Waals surface area contributed by atoms with Crippen LogP contribution in [0.3, 0.4) is 0 Å². The monoisotopic (exact) mass is 373 g/mol. The van der Waals surface area contributed by atoms with E-state index < -0.39 is 0 Å². The number of rotatable bonds is 5. The molecule has 1 N–H and O–H groups in total. The fraction of sp³-hybridized carbons (Fsp3) is 0.526. The van der Waals surface area contributed by atoms with Crippen molar-refractivity contribution >= 4 is 17.2 Å². The molecule has 0 spiro atoms. The van der Waals surface area contributed by atoms with E-state index in [-0.39, 0.29) is 18.1 Å². The first kappa shape index (κ1) is 17.6. The number of hydrogen-bond donors (Lipinski definition) is 1. The predicted molar refractivity (Wildman–Crippen MR) is 98.3 cm³/mol. The summed E-state index contributed by atoms with van der Waals surface area (Å²) in [5.41, 5.74) is 5.68. The van der Waals surface area contributed by atoms with Crippen molar-refractivity contribution in [2.45, 2.75) is 50.9 Å². The SMILES string of the molecule is O=C(N[C@@H]1COCC[C@@H]1OCc1cscn1)c1cnc2c(c1)CCCC2. The number of hydrogen-bond acceptors (Lipinski definition) is 6. The maximum Gasteiger partial charge on any atom is 0.253 e. The highest BCUT2D eigenvalue weighted by Gasteiger charge is 2.29. The Morgan fingerprint density at radius 3 is 3.15 bits per heavy atom. The fourth-order valence-corrected chi connectivity index (χ4v) is 4.06. The van der Waals surface area contributed by atoms with Gasteiger partial charge in [-0.05, 0) is 43.7 Å². The Morgan fingerprint density at radius 2 is 2.27 bits per heavy atom. The summed E-state index contributed by atoms with van der Waals surface area (Å²) in [7, 11) is 0. The van der Waals surface area contributed by atoms with Gasteiger partial charge in [-0.25, -0.2) is 4.98 Å². The lowest BCUT2D eigenvalue weighted by molar-refractivity contribution is -0.0611. The molecule has 26 heavy (non-hydrogen) atoms. The minimum absolute atomic E-state index is 0.0695. The van der Waals surface area contributed by atoms with Crippen molar-refractivity contribution in [1.29, 1.82) is 0 Å². The average molecular weight is 373 g/mol. The highest BCUT2D eigenvalue weighted by Crippen LogP contribution is 2.20. The van der Waals surface area contributed by atoms with Crippen LogP contribution in [0.4, 0.5) is 0 Å². The Balaban J connectivity index is 1.39. The molecular weight excluding hydrogens is 350 g/mol. The van der Waals surface area contributed by atoms with Crippen molar-refractivity contribution in [2.75, 3.05) is 13.2 Å². The molecule has 1 saturated heterocycles. The smallest absolute Gasteiger partial charge is 0.253 e. The summed E-state index contributed by atoms with van der Waals surface area (Å²) < 4.78 is 11.6. The molecule has 6 nitrogen and oxygen atoms in total. The maximum absolute atomic E-state index is 12.7. The summed E-state index contributed by atoms with van der Waals surface area (Å²) >= 11 is 1.55. The molecule has 0 bridgehead atoms. The maximum atomic E-state index is 12.7. The van der Waals surface area contributed by atoms with Gasteiger partial charge in [0, 0.05) is 23.9 Å². The van der Waals surface area contributed by atoms with Gasteiger partial charge >= 0.3 is 0 Å². The fourth-order valence-electron chi connectivity index (χ4n) is 3.52. The van der Waals surface area contributed by atoms with Crippen LogP contribution in [0.15, 0.2) is 23.2 Å². The zero-order valence-electron chi connectivity index (χ0n) is 14.6. The van der Waals surface area contributed by atoms with Crippen molar-refractivity contribution in [2.24, 2.45) is 0 Å². The van der Waals surface area contributed by atoms with E-state index >= 15 is 0 Å². The van der Waals surface area contributed by atoms with Crippen molar-refractivity contribution in [3.63, 3.8) is 0 Å². The summed E-state index contributed by atoms with van der Waals surface area (Å²) in [6, 6.07) is 1.83. The van der Waals surface area contributed by atoms with Crippen LogP contribution in [0.1, 0.15) is 46.6 Å². The second-order valence-corrected chi connectivity index (χ2v) is 7.53. The van der Waals surface area contributed by atoms with Gasteiger partial charge in [-0.2, -0.15) is 0 Å². The molecule has 2 atom stereocenters. The van der Waals surface area contributed by atoms with E-state index in [0.717, 1.165) is 30.7 Å². The Hall–Kier alpha value is -1.83. The van der Waals surface area contributed by atoms with Crippen LogP contribution in [0.5, 0.6) is 0 Å². The lowest BCUT2D eigenvalue weighted by atomic mass is 9.95. The number of nitrogens with zero attached hydrogens (tertiary/aromatic N) is 2. The van der Waals surface area contributed by atoms with Gasteiger partial charge < -0.3 is 14.8 Å². The molecule has 1 amide bonds. The second kappa shape index (κ2) is 8.24. The molecule has 138 valence electrons. The molecule has 1 aliphatic heterocycles. The molecule has 4 rings (SSSR count). The van der Waals surface area contributed by atoms with Crippen LogP contribution in [-0.4, -0.2) is 41.2 Å². The Bertz CT molecular complexity index is 750. The number of fused-ring (bicyclic) bond motifs is 1. The molecule has 0 saturated carbocycles. The molecule has 1 fully saturated rings. The van der Waals surface area contributed by atoms with Crippen LogP contribution in [0, 0.1) is 0 Å². The Kier molecular flexibility index (Phi) is 5.57. The van der Waals surface area contributed by atoms with Crippen LogP contribution in [0.2, 0.25) is 0 Å². The quantitative estimate of drug-likeness (QED) is 0.872. The third-order valence-electron chi connectivity index (χ3n) is 4.97. The summed E-state index contributed by atoms with van der Waals surface area (Å²) in [6.07, 6.45) is 6.76. The van der Waals surface area contributed by atoms with Gasteiger partial charge in [-0.1, -0.05) is 0 Å². The lowest BCUT2D eigenvalue weighted by Crippen LogP contribution is -2.50. The number of aromatic nitrogens is 2. The summed E-state index contributed by atoms with van der Waals surface area (Å²) in [4.78, 5) is 21.4. The van der Waals surface area contributed by atoms with Gasteiger partial charge in [-0.15, -0.1) is 11.3 Å². The average Bonchev–Trinajstić information content (AvgIpc) is 3.20. The molecule has 2 aromatic rings. The Labute approximate surface area is 157 Å². The standard InChI is InChI=1S/C19H23N3O3S/c23-19(14-7-13-3-1-2-4-16(13)20-8-14)22-17-10-24-6-5-18(17)25-9-15-11-26-12-21-15/h7-8,11-12,17-18H,1-6,9-10H2,(H,22,23)/t17-,18+/m1/s1. The third kappa shape index (κ3) is 4.11. The van der Waals surface area contributed by atoms with Crippen molar-refractivity contribution in [3.05, 3.63) is 45.7 Å². The predicted octanol–water partition coefficient (Wildman–Crippen LogP) is 2.52. The largest absolute Gasteiger partial charge is 0.379 e. The summed E-state index contributed by atoms with van der Waals surface area (Å²) in [6.45, 7) is 1.57. The van der Waals surface area contributed by atoms with Crippen LogP contribution < -0.4 is 5.32 Å². The zero-order chi connectivity index (χ0) is 17.8. The van der Waals surface area contributed by atoms with Crippen molar-refractivity contribution < 1.29 is 14.3 Å². The number of amides is 1. The van der Waals surface area contributed by atoms with Gasteiger partial charge in [0.2, 0.25) is 0 Å². The van der Waals surface area contributed by atoms with E-state index in [2.05, 4.69) is 15.3 Å². The number of thiazole rings is 1. The number of pyridine rings is 1. The van der Waals surface area contributed by atoms with Crippen LogP contribution in [-0.2, 0) is 28.9 Å². The molecular formula is C19H23N3O3S. The van der Waals surface area contributed by atoms with Gasteiger partial charge in [-0.3, -0.25) is 9.78 Å². The first-order chi connectivity index (χ1) is 12.8. The number of carbonyl (C=O) groups excluding carboxylic acids is 1. The first-order valence-electron chi connectivity index (χ1n) is 9.14. The van der Waals surface area contributed by atoms with E-state index in [1.54, 1.807) is 23.0 Å². The number of aryl methyl sites for hydroxylation is 2. The van der Waals surface area contributed by atoms with E-state index in [4.69, 9.17) is 9.47 Å². The molecule has 0 aromatic carbocycles. The van der Waals surface area contributed by atoms with E-state index in [0.29, 0.717) is 25.4 Å². The topological polar surface area (TPSA) is 73.3 Å². The van der Waals surface area contributed by atoms with Gasteiger partial charge in [0.15, 0.2) is 0 Å². The lowest BCUT2D eigenvalue weighted by Gasteiger charge is -2.32. The minimum atomic E-state index is -0.161. The number of ether oxygens (including phenoxy) is 2. The van der Waals surface area contributed by atoms with Gasteiger partial charge in [0.05, 0.1) is 42.1 Å². The van der Waals surface area contributed by atoms with Crippen molar-refractivity contribution in [1.82, 2.24) is 15.3 Å². The minimum Gasteiger partial charge on any atom is -0.379 e. The number of carbonyl (C=O) groups is 1. The second-order valence-electron chi connectivity index (χ2n) is 6.81. The molecule has 1 aliphatic carbocycles. The number of nitrogens with one attached hydrogen (secondary N) is 1. The zero-order valence-corrected chi connectivity index (χ0v) is 15.5. The molecule has 0 radical (unpaired) electrons. The van der Waals surface area contributed by atoms with E-state index in [1.807, 2.05) is 11.4 Å². The van der Waals surface area contributed by atoms with E-state index in [9.17, 15) is 4.79 Å². The Morgan fingerprint density at radius 1 is 1.35 bits per heavy atom. The summed E-state index contributed by atoms with van der Waals surface area (Å²) in [5, 5.41) is 5.05. The van der Waals surface area contributed by atoms with Gasteiger partial charge in [0.25, 0.3) is 5.91 Å². The van der Waals surface area contributed by atoms with Crippen molar-refractivity contribution in [3.8, 4) is 0 Å². The highest BCUT2D eigenvalue weighted by atomic mass is 32.1. The third-order valence-corrected chi connectivity index (χ3v) is 5.61. The molecule has 7 heteroatoms. The summed E-state index contributed by atoms with van der Waals surface area (Å²) in [5.74, 6) is -0.108. The normalized spacial score (nSPS) is 22.6. The molecule has 2 aliphatic rings. The first-order valence-corrected chi connectivity index (χ1v) is 10.1. The molecule has 3 heterocycles. The van der Waals surface area contributed by atoms with Crippen LogP contribution in [0.25, 0.3) is 0 Å². The highest BCUT2D eigenvalue weighted by molar-refractivity contribution is 7.07.